The highest BCUT2D eigenvalue weighted by Crippen LogP contribution is 2.27. The van der Waals surface area contributed by atoms with Crippen LogP contribution in [0, 0.1) is 0 Å². The lowest BCUT2D eigenvalue weighted by molar-refractivity contribution is 0.276. The summed E-state index contributed by atoms with van der Waals surface area (Å²) in [6, 6.07) is 15.1. The number of aliphatic hydroxyl groups excluding tert-OH is 1. The largest absolute Gasteiger partial charge is 0.495 e. The van der Waals surface area contributed by atoms with Crippen LogP contribution >= 0.6 is 0 Å². The number of rotatable bonds is 5. The molecule has 0 aliphatic carbocycles. The molecular weight excluding hydrogens is 240 g/mol. The predicted octanol–water partition coefficient (Wildman–Crippen LogP) is 2.42. The highest BCUT2D eigenvalue weighted by Gasteiger charge is 2.10. The van der Waals surface area contributed by atoms with Crippen LogP contribution < -0.4 is 15.8 Å². The van der Waals surface area contributed by atoms with Crippen molar-refractivity contribution in [1.29, 1.82) is 0 Å². The molecule has 0 fully saturated rings. The summed E-state index contributed by atoms with van der Waals surface area (Å²) in [5.41, 5.74) is 8.25. The summed E-state index contributed by atoms with van der Waals surface area (Å²) in [4.78, 5) is 0. The van der Waals surface area contributed by atoms with Crippen LogP contribution in [0.4, 0.5) is 11.4 Å². The van der Waals surface area contributed by atoms with Gasteiger partial charge in [-0.15, -0.1) is 0 Å². The van der Waals surface area contributed by atoms with E-state index in [0.717, 1.165) is 11.3 Å². The fourth-order valence-electron chi connectivity index (χ4n) is 1.92. The second-order valence-electron chi connectivity index (χ2n) is 4.25. The SMILES string of the molecule is COc1cc(NC(CO)c2ccccc2)ccc1N. The van der Waals surface area contributed by atoms with E-state index in [0.29, 0.717) is 11.4 Å². The van der Waals surface area contributed by atoms with Crippen LogP contribution in [0.25, 0.3) is 0 Å². The fourth-order valence-corrected chi connectivity index (χ4v) is 1.92. The van der Waals surface area contributed by atoms with Gasteiger partial charge in [0.25, 0.3) is 0 Å². The molecule has 2 rings (SSSR count). The number of nitrogens with two attached hydrogens (primary N) is 1. The molecule has 100 valence electrons. The molecular formula is C15H18N2O2. The van der Waals surface area contributed by atoms with E-state index in [9.17, 15) is 5.11 Å². The molecule has 0 aromatic heterocycles. The van der Waals surface area contributed by atoms with Gasteiger partial charge in [0.1, 0.15) is 5.75 Å². The van der Waals surface area contributed by atoms with Crippen molar-refractivity contribution >= 4 is 11.4 Å². The minimum absolute atomic E-state index is 0.0106. The third-order valence-corrected chi connectivity index (χ3v) is 2.96. The Hall–Kier alpha value is -2.20. The molecule has 0 saturated heterocycles. The molecule has 0 radical (unpaired) electrons. The van der Waals surface area contributed by atoms with E-state index in [1.54, 1.807) is 13.2 Å². The molecule has 0 aliphatic rings. The Bertz CT molecular complexity index is 529. The molecule has 0 spiro atoms. The summed E-state index contributed by atoms with van der Waals surface area (Å²) in [6.07, 6.45) is 0. The number of hydrogen-bond acceptors (Lipinski definition) is 4. The molecule has 0 aliphatic heterocycles. The standard InChI is InChI=1S/C15H18N2O2/c1-19-15-9-12(7-8-13(15)16)17-14(10-18)11-5-3-2-4-6-11/h2-9,14,17-18H,10,16H2,1H3. The molecule has 2 aromatic carbocycles. The second-order valence-corrected chi connectivity index (χ2v) is 4.25. The normalized spacial score (nSPS) is 11.9. The third-order valence-electron chi connectivity index (χ3n) is 2.96. The summed E-state index contributed by atoms with van der Waals surface area (Å²) >= 11 is 0. The number of benzene rings is 2. The first-order valence-corrected chi connectivity index (χ1v) is 6.10. The van der Waals surface area contributed by atoms with Crippen LogP contribution in [0.2, 0.25) is 0 Å². The molecule has 2 aromatic rings. The molecule has 0 heterocycles. The fraction of sp³-hybridized carbons (Fsp3) is 0.200. The molecule has 1 atom stereocenters. The zero-order chi connectivity index (χ0) is 13.7. The number of anilines is 2. The topological polar surface area (TPSA) is 67.5 Å². The van der Waals surface area contributed by atoms with Crippen LogP contribution in [-0.4, -0.2) is 18.8 Å². The van der Waals surface area contributed by atoms with Crippen LogP contribution in [0.3, 0.4) is 0 Å². The first-order valence-electron chi connectivity index (χ1n) is 6.10. The summed E-state index contributed by atoms with van der Waals surface area (Å²) in [5, 5.41) is 12.8. The van der Waals surface area contributed by atoms with Gasteiger partial charge in [0.05, 0.1) is 25.4 Å². The van der Waals surface area contributed by atoms with E-state index in [-0.39, 0.29) is 12.6 Å². The number of nitrogen functional groups attached to an aromatic ring is 1. The van der Waals surface area contributed by atoms with Crippen LogP contribution in [0.5, 0.6) is 5.75 Å². The van der Waals surface area contributed by atoms with Gasteiger partial charge < -0.3 is 20.9 Å². The van der Waals surface area contributed by atoms with Crippen molar-refractivity contribution in [2.45, 2.75) is 6.04 Å². The minimum atomic E-state index is -0.158. The van der Waals surface area contributed by atoms with Gasteiger partial charge >= 0.3 is 0 Å². The Morgan fingerprint density at radius 2 is 1.95 bits per heavy atom. The van der Waals surface area contributed by atoms with Crippen molar-refractivity contribution in [2.24, 2.45) is 0 Å². The van der Waals surface area contributed by atoms with Crippen LogP contribution in [-0.2, 0) is 0 Å². The Labute approximate surface area is 112 Å². The van der Waals surface area contributed by atoms with Gasteiger partial charge in [0, 0.05) is 11.8 Å². The molecule has 0 amide bonds. The van der Waals surface area contributed by atoms with Gasteiger partial charge in [-0.1, -0.05) is 30.3 Å². The quantitative estimate of drug-likeness (QED) is 0.720. The Morgan fingerprint density at radius 1 is 1.21 bits per heavy atom. The molecule has 1 unspecified atom stereocenters. The predicted molar refractivity (Wildman–Crippen MR) is 77.3 cm³/mol. The van der Waals surface area contributed by atoms with Gasteiger partial charge in [-0.05, 0) is 17.7 Å². The number of aliphatic hydroxyl groups is 1. The second kappa shape index (κ2) is 6.11. The van der Waals surface area contributed by atoms with Crippen LogP contribution in [0.1, 0.15) is 11.6 Å². The number of hydrogen-bond donors (Lipinski definition) is 3. The van der Waals surface area contributed by atoms with Gasteiger partial charge in [0.15, 0.2) is 0 Å². The highest BCUT2D eigenvalue weighted by atomic mass is 16.5. The van der Waals surface area contributed by atoms with E-state index in [2.05, 4.69) is 5.32 Å². The lowest BCUT2D eigenvalue weighted by atomic mass is 10.1. The Morgan fingerprint density at radius 3 is 2.58 bits per heavy atom. The van der Waals surface area contributed by atoms with Gasteiger partial charge in [0.2, 0.25) is 0 Å². The number of ether oxygens (including phenoxy) is 1. The molecule has 4 nitrogen and oxygen atoms in total. The molecule has 19 heavy (non-hydrogen) atoms. The summed E-state index contributed by atoms with van der Waals surface area (Å²) in [7, 11) is 1.58. The van der Waals surface area contributed by atoms with E-state index in [1.165, 1.54) is 0 Å². The maximum atomic E-state index is 9.50. The van der Waals surface area contributed by atoms with Gasteiger partial charge in [-0.2, -0.15) is 0 Å². The first-order chi connectivity index (χ1) is 9.24. The first kappa shape index (κ1) is 13.2. The zero-order valence-electron chi connectivity index (χ0n) is 10.8. The van der Waals surface area contributed by atoms with E-state index >= 15 is 0 Å². The number of nitrogens with one attached hydrogen (secondary N) is 1. The summed E-state index contributed by atoms with van der Waals surface area (Å²) in [5.74, 6) is 0.620. The van der Waals surface area contributed by atoms with Crippen molar-refractivity contribution in [3.63, 3.8) is 0 Å². The Kier molecular flexibility index (Phi) is 4.26. The number of methoxy groups -OCH3 is 1. The molecule has 4 N–H and O–H groups in total. The monoisotopic (exact) mass is 258 g/mol. The van der Waals surface area contributed by atoms with Crippen molar-refractivity contribution in [3.05, 3.63) is 54.1 Å². The van der Waals surface area contributed by atoms with Crippen LogP contribution in [0.15, 0.2) is 48.5 Å². The average Bonchev–Trinajstić information content (AvgIpc) is 2.47. The maximum absolute atomic E-state index is 9.50. The summed E-state index contributed by atoms with van der Waals surface area (Å²) in [6.45, 7) is 0.0106. The summed E-state index contributed by atoms with van der Waals surface area (Å²) < 4.78 is 5.18. The average molecular weight is 258 g/mol. The van der Waals surface area contributed by atoms with Gasteiger partial charge in [-0.3, -0.25) is 0 Å². The lowest BCUT2D eigenvalue weighted by Crippen LogP contribution is -2.14. The molecule has 0 saturated carbocycles. The lowest BCUT2D eigenvalue weighted by Gasteiger charge is -2.18. The van der Waals surface area contributed by atoms with Crippen molar-refractivity contribution < 1.29 is 9.84 Å². The highest BCUT2D eigenvalue weighted by molar-refractivity contribution is 5.61. The molecule has 4 heteroatoms. The Balaban J connectivity index is 2.19. The molecule has 0 bridgehead atoms. The smallest absolute Gasteiger partial charge is 0.143 e. The van der Waals surface area contributed by atoms with Gasteiger partial charge in [-0.25, -0.2) is 0 Å². The van der Waals surface area contributed by atoms with Crippen molar-refractivity contribution in [2.75, 3.05) is 24.8 Å². The van der Waals surface area contributed by atoms with E-state index < -0.39 is 0 Å². The van der Waals surface area contributed by atoms with Crippen molar-refractivity contribution in [1.82, 2.24) is 0 Å². The minimum Gasteiger partial charge on any atom is -0.495 e. The zero-order valence-corrected chi connectivity index (χ0v) is 10.8. The maximum Gasteiger partial charge on any atom is 0.143 e. The third kappa shape index (κ3) is 3.17. The van der Waals surface area contributed by atoms with E-state index in [4.69, 9.17) is 10.5 Å². The van der Waals surface area contributed by atoms with E-state index in [1.807, 2.05) is 42.5 Å². The van der Waals surface area contributed by atoms with Crippen molar-refractivity contribution in [3.8, 4) is 5.75 Å².